The number of ether oxygens (including phenoxy) is 3. The lowest BCUT2D eigenvalue weighted by Gasteiger charge is -2.41. The molecule has 1 heterocycles. The first-order valence-corrected chi connectivity index (χ1v) is 34.9. The number of nitrogens with one attached hydrogen (secondary N) is 1. The molecule has 0 radical (unpaired) electrons. The summed E-state index contributed by atoms with van der Waals surface area (Å²) >= 11 is 0. The van der Waals surface area contributed by atoms with Gasteiger partial charge in [0, 0.05) is 6.42 Å². The van der Waals surface area contributed by atoms with Crippen molar-refractivity contribution in [1.29, 1.82) is 0 Å². The highest BCUT2D eigenvalue weighted by molar-refractivity contribution is 5.80. The molecule has 1 saturated heterocycles. The Labute approximate surface area is 504 Å². The van der Waals surface area contributed by atoms with E-state index in [0.29, 0.717) is 19.3 Å². The Morgan fingerprint density at radius 2 is 0.841 bits per heavy atom. The average molecular weight is 1160 g/mol. The van der Waals surface area contributed by atoms with E-state index in [1.807, 2.05) is 6.08 Å². The topological polar surface area (TPSA) is 175 Å². The first kappa shape index (κ1) is 77.6. The SMILES string of the molecule is CCCCC/C=C\C/C=C\C/C=C\CCCCCCCCCCCCCCC(=O)OC1C(OCC(NC(=O)C(O)CCCCCCCCCCCCCCCCCC)C(O)/C=C/CCCCCCCCCCCC)OC(CO)C(O)C1O. The fourth-order valence-corrected chi connectivity index (χ4v) is 11.0. The summed E-state index contributed by atoms with van der Waals surface area (Å²) in [5.41, 5.74) is 0. The molecule has 0 aromatic rings. The molecular weight excluding hydrogens is 1030 g/mol. The van der Waals surface area contributed by atoms with Crippen LogP contribution >= 0.6 is 0 Å². The van der Waals surface area contributed by atoms with Gasteiger partial charge in [0.05, 0.1) is 25.4 Å². The van der Waals surface area contributed by atoms with Gasteiger partial charge in [-0.2, -0.15) is 0 Å². The average Bonchev–Trinajstić information content (AvgIpc) is 3.56. The number of aliphatic hydroxyl groups is 5. The summed E-state index contributed by atoms with van der Waals surface area (Å²) in [5, 5.41) is 57.2. The minimum Gasteiger partial charge on any atom is -0.454 e. The molecule has 0 aromatic heterocycles. The number of aliphatic hydroxyl groups excluding tert-OH is 5. The zero-order valence-corrected chi connectivity index (χ0v) is 53.4. The van der Waals surface area contributed by atoms with Gasteiger partial charge >= 0.3 is 5.97 Å². The van der Waals surface area contributed by atoms with Gasteiger partial charge in [-0.05, 0) is 64.2 Å². The van der Waals surface area contributed by atoms with Crippen LogP contribution in [0, 0.1) is 0 Å². The number of carbonyl (C=O) groups is 2. The fourth-order valence-electron chi connectivity index (χ4n) is 11.0. The summed E-state index contributed by atoms with van der Waals surface area (Å²) in [5.74, 6) is -1.18. The van der Waals surface area contributed by atoms with Gasteiger partial charge in [-0.1, -0.05) is 307 Å². The molecule has 6 N–H and O–H groups in total. The predicted octanol–water partition coefficient (Wildman–Crippen LogP) is 17.6. The van der Waals surface area contributed by atoms with Gasteiger partial charge in [-0.25, -0.2) is 0 Å². The zero-order chi connectivity index (χ0) is 59.6. The van der Waals surface area contributed by atoms with Gasteiger partial charge in [0.2, 0.25) is 5.91 Å². The van der Waals surface area contributed by atoms with Crippen molar-refractivity contribution in [3.05, 3.63) is 48.6 Å². The number of allylic oxidation sites excluding steroid dienone is 7. The van der Waals surface area contributed by atoms with Crippen LogP contribution in [0.2, 0.25) is 0 Å². The molecule has 0 spiro atoms. The van der Waals surface area contributed by atoms with Gasteiger partial charge in [0.25, 0.3) is 0 Å². The van der Waals surface area contributed by atoms with Crippen LogP contribution in [0.15, 0.2) is 48.6 Å². The van der Waals surface area contributed by atoms with E-state index in [9.17, 15) is 35.1 Å². The second-order valence-corrected chi connectivity index (χ2v) is 24.3. The summed E-state index contributed by atoms with van der Waals surface area (Å²) < 4.78 is 17.7. The minimum absolute atomic E-state index is 0.123. The highest BCUT2D eigenvalue weighted by atomic mass is 16.7. The summed E-state index contributed by atoms with van der Waals surface area (Å²) in [6.07, 6.45) is 62.9. The van der Waals surface area contributed by atoms with E-state index in [2.05, 4.69) is 62.5 Å². The van der Waals surface area contributed by atoms with Crippen molar-refractivity contribution >= 4 is 11.9 Å². The third kappa shape index (κ3) is 45.9. The van der Waals surface area contributed by atoms with E-state index in [1.165, 1.54) is 212 Å². The van der Waals surface area contributed by atoms with Crippen LogP contribution in [0.25, 0.3) is 0 Å². The van der Waals surface area contributed by atoms with Crippen molar-refractivity contribution in [3.63, 3.8) is 0 Å². The molecule has 1 rings (SSSR count). The molecule has 0 aromatic carbocycles. The van der Waals surface area contributed by atoms with Crippen LogP contribution in [-0.4, -0.2) is 99.6 Å². The standard InChI is InChI=1S/C71H131NO10/c1-4-7-10-13-16-19-22-25-27-29-30-31-32-33-34-35-36-37-39-41-44-47-50-53-56-59-66(76)82-69-68(78)67(77)65(60-73)81-71(69)80-61-62(63(74)57-54-51-48-45-42-24-21-18-15-12-9-6-3)72-70(79)64(75)58-55-52-49-46-43-40-38-28-26-23-20-17-14-11-8-5-2/h16,19,25,27,30-31,54,57,62-65,67-69,71,73-75,77-78H,4-15,17-18,20-24,26,28-29,32-53,55-56,58-61H2,1-3H3,(H,72,79)/b19-16-,27-25-,31-30-,57-54+. The normalized spacial score (nSPS) is 18.9. The van der Waals surface area contributed by atoms with Gasteiger partial charge in [0.1, 0.15) is 24.4 Å². The summed E-state index contributed by atoms with van der Waals surface area (Å²) in [6.45, 7) is 5.80. The van der Waals surface area contributed by atoms with Crippen molar-refractivity contribution in [2.45, 2.75) is 378 Å². The van der Waals surface area contributed by atoms with E-state index >= 15 is 0 Å². The molecule has 1 amide bonds. The van der Waals surface area contributed by atoms with Crippen LogP contribution < -0.4 is 5.32 Å². The Hall–Kier alpha value is -2.38. The molecule has 11 heteroatoms. The molecule has 8 atom stereocenters. The monoisotopic (exact) mass is 1160 g/mol. The maximum atomic E-state index is 13.5. The Bertz CT molecular complexity index is 1520. The Kier molecular flexibility index (Phi) is 55.8. The predicted molar refractivity (Wildman–Crippen MR) is 343 cm³/mol. The molecule has 480 valence electrons. The lowest BCUT2D eigenvalue weighted by Crippen LogP contribution is -2.61. The second-order valence-electron chi connectivity index (χ2n) is 24.3. The van der Waals surface area contributed by atoms with Crippen LogP contribution in [0.1, 0.15) is 329 Å². The van der Waals surface area contributed by atoms with Crippen molar-refractivity contribution in [1.82, 2.24) is 5.32 Å². The lowest BCUT2D eigenvalue weighted by atomic mass is 9.99. The maximum Gasteiger partial charge on any atom is 0.306 e. The highest BCUT2D eigenvalue weighted by Gasteiger charge is 2.47. The number of hydrogen-bond acceptors (Lipinski definition) is 10. The van der Waals surface area contributed by atoms with E-state index in [1.54, 1.807) is 6.08 Å². The maximum absolute atomic E-state index is 13.5. The van der Waals surface area contributed by atoms with E-state index in [4.69, 9.17) is 14.2 Å². The lowest BCUT2D eigenvalue weighted by molar-refractivity contribution is -0.305. The first-order chi connectivity index (χ1) is 40.2. The first-order valence-electron chi connectivity index (χ1n) is 34.9. The number of esters is 1. The number of hydrogen-bond donors (Lipinski definition) is 6. The number of carbonyl (C=O) groups excluding carboxylic acids is 2. The number of amides is 1. The molecule has 8 unspecified atom stereocenters. The van der Waals surface area contributed by atoms with E-state index in [-0.39, 0.29) is 13.0 Å². The number of unbranched alkanes of at least 4 members (excludes halogenated alkanes) is 40. The fraction of sp³-hybridized carbons (Fsp3) is 0.859. The van der Waals surface area contributed by atoms with Gasteiger partial charge in [0.15, 0.2) is 12.4 Å². The van der Waals surface area contributed by atoms with E-state index < -0.39 is 67.4 Å². The Balaban J connectivity index is 2.56. The second kappa shape index (κ2) is 59.0. The Morgan fingerprint density at radius 1 is 0.476 bits per heavy atom. The molecule has 82 heavy (non-hydrogen) atoms. The van der Waals surface area contributed by atoms with Crippen molar-refractivity contribution in [2.24, 2.45) is 0 Å². The summed E-state index contributed by atoms with van der Waals surface area (Å²) in [4.78, 5) is 26.6. The van der Waals surface area contributed by atoms with Crippen LogP contribution in [0.4, 0.5) is 0 Å². The zero-order valence-electron chi connectivity index (χ0n) is 53.4. The third-order valence-corrected chi connectivity index (χ3v) is 16.5. The van der Waals surface area contributed by atoms with Crippen molar-refractivity contribution in [3.8, 4) is 0 Å². The molecule has 0 bridgehead atoms. The van der Waals surface area contributed by atoms with Gasteiger partial charge < -0.3 is 45.1 Å². The molecular formula is C71H131NO10. The molecule has 1 aliphatic heterocycles. The number of rotatable bonds is 60. The van der Waals surface area contributed by atoms with Crippen LogP contribution in [0.5, 0.6) is 0 Å². The highest BCUT2D eigenvalue weighted by Crippen LogP contribution is 2.26. The quantitative estimate of drug-likeness (QED) is 0.0195. The molecule has 1 fully saturated rings. The van der Waals surface area contributed by atoms with Gasteiger partial charge in [-0.15, -0.1) is 0 Å². The molecule has 11 nitrogen and oxygen atoms in total. The summed E-state index contributed by atoms with van der Waals surface area (Å²) in [7, 11) is 0. The largest absolute Gasteiger partial charge is 0.454 e. The third-order valence-electron chi connectivity index (χ3n) is 16.5. The van der Waals surface area contributed by atoms with Gasteiger partial charge in [-0.3, -0.25) is 9.59 Å². The summed E-state index contributed by atoms with van der Waals surface area (Å²) in [6, 6.07) is -1.02. The molecule has 1 aliphatic rings. The van der Waals surface area contributed by atoms with Crippen molar-refractivity contribution < 1.29 is 49.3 Å². The molecule has 0 saturated carbocycles. The van der Waals surface area contributed by atoms with Crippen LogP contribution in [0.3, 0.4) is 0 Å². The molecule has 0 aliphatic carbocycles. The Morgan fingerprint density at radius 3 is 1.28 bits per heavy atom. The minimum atomic E-state index is -1.61. The van der Waals surface area contributed by atoms with E-state index in [0.717, 1.165) is 70.6 Å². The van der Waals surface area contributed by atoms with Crippen LogP contribution in [-0.2, 0) is 23.8 Å². The van der Waals surface area contributed by atoms with Crippen molar-refractivity contribution in [2.75, 3.05) is 13.2 Å². The smallest absolute Gasteiger partial charge is 0.306 e.